The van der Waals surface area contributed by atoms with Gasteiger partial charge in [0.1, 0.15) is 0 Å². The average Bonchev–Trinajstić information content (AvgIpc) is 4.39. The maximum atomic E-state index is 10.1. The number of nitriles is 1. The van der Waals surface area contributed by atoms with Crippen LogP contribution in [0.5, 0.6) is 0 Å². The average molecular weight is 1010 g/mol. The Hall–Kier alpha value is -11.1. The molecule has 15 aromatic rings. The first kappa shape index (κ1) is 45.3. The zero-order valence-corrected chi connectivity index (χ0v) is 42.5. The normalized spacial score (nSPS) is 11.5. The summed E-state index contributed by atoms with van der Waals surface area (Å²) in [5, 5.41) is 17.1. The number of aromatic nitrogens is 5. The van der Waals surface area contributed by atoms with E-state index in [0.29, 0.717) is 17.1 Å². The van der Waals surface area contributed by atoms with Crippen LogP contribution in [0.25, 0.3) is 143 Å². The SMILES string of the molecule is [C-]#[N+]c1ccc(-c2cc(-c3nc(-c4ccccc4)cc(-c4ccccc4)n3)cc(-c3ccc(C#N)cc3)c2-n2c3ccc(-n4c5ccccc5c5ccccc54)cc3c3cc(-n4c5ccccc5c5ccccc54)ccc32)cc1. The van der Waals surface area contributed by atoms with Crippen LogP contribution in [-0.4, -0.2) is 23.7 Å². The number of hydrogen-bond acceptors (Lipinski definition) is 3. The van der Waals surface area contributed by atoms with Crippen LogP contribution >= 0.6 is 0 Å². The zero-order chi connectivity index (χ0) is 52.6. The highest BCUT2D eigenvalue weighted by Gasteiger charge is 2.25. The molecule has 0 aliphatic rings. The number of para-hydroxylation sites is 4. The zero-order valence-electron chi connectivity index (χ0n) is 42.5. The molecule has 0 saturated heterocycles. The van der Waals surface area contributed by atoms with Crippen LogP contribution in [0.2, 0.25) is 0 Å². The third-order valence-electron chi connectivity index (χ3n) is 15.5. The van der Waals surface area contributed by atoms with E-state index in [4.69, 9.17) is 16.5 Å². The highest BCUT2D eigenvalue weighted by atomic mass is 15.0. The van der Waals surface area contributed by atoms with Crippen LogP contribution in [0.4, 0.5) is 5.69 Å². The summed E-state index contributed by atoms with van der Waals surface area (Å²) in [5.74, 6) is 0.564. The molecule has 7 heteroatoms. The van der Waals surface area contributed by atoms with Crippen LogP contribution in [0.3, 0.4) is 0 Å². The molecule has 7 nitrogen and oxygen atoms in total. The van der Waals surface area contributed by atoms with Crippen molar-refractivity contribution in [2.75, 3.05) is 0 Å². The predicted molar refractivity (Wildman–Crippen MR) is 323 cm³/mol. The third-order valence-corrected chi connectivity index (χ3v) is 15.5. The molecule has 0 fully saturated rings. The van der Waals surface area contributed by atoms with Gasteiger partial charge in [0.25, 0.3) is 0 Å². The Kier molecular flexibility index (Phi) is 10.5. The molecule has 0 atom stereocenters. The molecule has 0 amide bonds. The lowest BCUT2D eigenvalue weighted by Gasteiger charge is -2.21. The van der Waals surface area contributed by atoms with Crippen molar-refractivity contribution in [2.24, 2.45) is 0 Å². The van der Waals surface area contributed by atoms with Gasteiger partial charge in [0, 0.05) is 71.5 Å². The predicted octanol–water partition coefficient (Wildman–Crippen LogP) is 18.5. The first-order valence-corrected chi connectivity index (χ1v) is 26.3. The maximum absolute atomic E-state index is 10.1. The van der Waals surface area contributed by atoms with Gasteiger partial charge in [-0.3, -0.25) is 0 Å². The fraction of sp³-hybridized carbons (Fsp3) is 0. The topological polar surface area (TPSA) is 68.7 Å². The largest absolute Gasteiger partial charge is 0.309 e. The van der Waals surface area contributed by atoms with Crippen molar-refractivity contribution in [1.82, 2.24) is 23.7 Å². The van der Waals surface area contributed by atoms with Gasteiger partial charge in [-0.05, 0) is 102 Å². The summed E-state index contributed by atoms with van der Waals surface area (Å²) in [5.41, 5.74) is 18.7. The minimum Gasteiger partial charge on any atom is -0.309 e. The lowest BCUT2D eigenvalue weighted by molar-refractivity contribution is 1.15. The second-order valence-electron chi connectivity index (χ2n) is 19.9. The summed E-state index contributed by atoms with van der Waals surface area (Å²) in [7, 11) is 0. The molecule has 0 saturated carbocycles. The Morgan fingerprint density at radius 3 is 1.15 bits per heavy atom. The van der Waals surface area contributed by atoms with Crippen molar-refractivity contribution in [3.63, 3.8) is 0 Å². The number of nitrogens with zero attached hydrogens (tertiary/aromatic N) is 7. The Bertz CT molecular complexity index is 4600. The molecular weight excluding hydrogens is 963 g/mol. The van der Waals surface area contributed by atoms with E-state index in [-0.39, 0.29) is 0 Å². The minimum atomic E-state index is 0.548. The van der Waals surface area contributed by atoms with Gasteiger partial charge in [-0.2, -0.15) is 5.26 Å². The molecule has 366 valence electrons. The van der Waals surface area contributed by atoms with Gasteiger partial charge in [0.15, 0.2) is 11.5 Å². The lowest BCUT2D eigenvalue weighted by atomic mass is 9.92. The van der Waals surface area contributed by atoms with Gasteiger partial charge in [-0.15, -0.1) is 0 Å². The Labute approximate surface area is 454 Å². The summed E-state index contributed by atoms with van der Waals surface area (Å²) >= 11 is 0. The Morgan fingerprint density at radius 2 is 0.734 bits per heavy atom. The smallest absolute Gasteiger partial charge is 0.187 e. The number of benzene rings is 11. The summed E-state index contributed by atoms with van der Waals surface area (Å²) in [6, 6.07) is 93.4. The Morgan fingerprint density at radius 1 is 0.342 bits per heavy atom. The lowest BCUT2D eigenvalue weighted by Crippen LogP contribution is -2.03. The van der Waals surface area contributed by atoms with Crippen LogP contribution in [0.1, 0.15) is 5.56 Å². The minimum absolute atomic E-state index is 0.548. The summed E-state index contributed by atoms with van der Waals surface area (Å²) in [6.45, 7) is 7.96. The van der Waals surface area contributed by atoms with E-state index in [1.807, 2.05) is 84.9 Å². The molecule has 79 heavy (non-hydrogen) atoms. The molecule has 11 aromatic carbocycles. The van der Waals surface area contributed by atoms with E-state index in [1.165, 1.54) is 21.5 Å². The first-order valence-electron chi connectivity index (χ1n) is 26.3. The van der Waals surface area contributed by atoms with Gasteiger partial charge in [0.05, 0.1) is 68.4 Å². The van der Waals surface area contributed by atoms with E-state index in [0.717, 1.165) is 111 Å². The van der Waals surface area contributed by atoms with Crippen molar-refractivity contribution in [3.8, 4) is 79.3 Å². The second kappa shape index (κ2) is 18.3. The number of rotatable bonds is 8. The van der Waals surface area contributed by atoms with E-state index in [1.54, 1.807) is 0 Å². The van der Waals surface area contributed by atoms with E-state index in [2.05, 4.69) is 201 Å². The maximum Gasteiger partial charge on any atom is 0.187 e. The van der Waals surface area contributed by atoms with Gasteiger partial charge >= 0.3 is 0 Å². The van der Waals surface area contributed by atoms with Crippen molar-refractivity contribution in [1.29, 1.82) is 5.26 Å². The molecule has 0 bridgehead atoms. The molecular formula is C72H43N7. The summed E-state index contributed by atoms with van der Waals surface area (Å²) in [6.07, 6.45) is 0. The number of fused-ring (bicyclic) bond motifs is 9. The first-order chi connectivity index (χ1) is 39.1. The fourth-order valence-electron chi connectivity index (χ4n) is 11.9. The van der Waals surface area contributed by atoms with Gasteiger partial charge in [-0.1, -0.05) is 170 Å². The highest BCUT2D eigenvalue weighted by Crippen LogP contribution is 2.46. The number of hydrogen-bond donors (Lipinski definition) is 0. The van der Waals surface area contributed by atoms with Crippen LogP contribution in [0.15, 0.2) is 261 Å². The van der Waals surface area contributed by atoms with Crippen LogP contribution in [-0.2, 0) is 0 Å². The Balaban J connectivity index is 1.07. The molecule has 4 heterocycles. The fourth-order valence-corrected chi connectivity index (χ4v) is 11.9. The molecule has 0 aliphatic heterocycles. The van der Waals surface area contributed by atoms with Crippen LogP contribution < -0.4 is 0 Å². The quantitative estimate of drug-likeness (QED) is 0.142. The monoisotopic (exact) mass is 1010 g/mol. The third kappa shape index (κ3) is 7.41. The standard InChI is InChI=1S/C72H43N7/c1-74-52-34-32-48(33-35-52)60-41-51(72-75-63(49-16-4-2-5-17-49)44-64(76-72)50-18-6-3-7-19-50)40-59(47-30-28-46(45-73)29-31-47)71(60)79-69-38-36-53(77-65-24-12-8-20-55(65)56-21-9-13-25-66(56)77)42-61(69)62-43-54(37-39-70(62)79)78-67-26-14-10-22-57(67)58-23-11-15-27-68(58)78/h2-44H. The second-order valence-corrected chi connectivity index (χ2v) is 19.9. The van der Waals surface area contributed by atoms with Gasteiger partial charge < -0.3 is 13.7 Å². The van der Waals surface area contributed by atoms with Crippen molar-refractivity contribution >= 4 is 71.1 Å². The van der Waals surface area contributed by atoms with Gasteiger partial charge in [-0.25, -0.2) is 14.8 Å². The summed E-state index contributed by atoms with van der Waals surface area (Å²) in [4.78, 5) is 14.5. The van der Waals surface area contributed by atoms with E-state index in [9.17, 15) is 5.26 Å². The van der Waals surface area contributed by atoms with Crippen molar-refractivity contribution < 1.29 is 0 Å². The molecule has 0 N–H and O–H groups in total. The molecule has 0 aliphatic carbocycles. The molecule has 0 unspecified atom stereocenters. The van der Waals surface area contributed by atoms with Crippen LogP contribution in [0, 0.1) is 17.9 Å². The molecule has 0 spiro atoms. The highest BCUT2D eigenvalue weighted by molar-refractivity contribution is 6.15. The summed E-state index contributed by atoms with van der Waals surface area (Å²) < 4.78 is 7.19. The molecule has 4 aromatic heterocycles. The van der Waals surface area contributed by atoms with E-state index < -0.39 is 0 Å². The van der Waals surface area contributed by atoms with Crippen molar-refractivity contribution in [3.05, 3.63) is 278 Å². The van der Waals surface area contributed by atoms with Gasteiger partial charge in [0.2, 0.25) is 0 Å². The van der Waals surface area contributed by atoms with E-state index >= 15 is 0 Å². The molecule has 0 radical (unpaired) electrons. The van der Waals surface area contributed by atoms with Crippen molar-refractivity contribution in [2.45, 2.75) is 0 Å². The molecule has 15 rings (SSSR count).